The number of aliphatic imine (C=N–C) groups is 1. The lowest BCUT2D eigenvalue weighted by Crippen LogP contribution is -2.40. The van der Waals surface area contributed by atoms with E-state index in [-0.39, 0.29) is 18.2 Å². The van der Waals surface area contributed by atoms with Crippen LogP contribution in [-0.4, -0.2) is 57.9 Å². The van der Waals surface area contributed by atoms with Crippen LogP contribution in [0.3, 0.4) is 0 Å². The molecule has 2 rings (SSSR count). The number of nitrogens with one attached hydrogen (secondary N) is 1. The Balaban J connectivity index is 2.40. The molecule has 0 fully saturated rings. The molecule has 4 N–H and O–H groups in total. The highest BCUT2D eigenvalue weighted by Gasteiger charge is 2.28. The minimum atomic E-state index is -1.17. The first-order valence-corrected chi connectivity index (χ1v) is 11.0. The Bertz CT molecular complexity index is 891. The summed E-state index contributed by atoms with van der Waals surface area (Å²) in [5.41, 5.74) is 2.31. The summed E-state index contributed by atoms with van der Waals surface area (Å²) in [4.78, 5) is 20.1. The van der Waals surface area contributed by atoms with E-state index in [9.17, 15) is 19.4 Å². The predicted octanol–water partition coefficient (Wildman–Crippen LogP) is 2.95. The third kappa shape index (κ3) is 8.13. The zero-order chi connectivity index (χ0) is 24.5. The second kappa shape index (κ2) is 12.7. The first-order valence-electron chi connectivity index (χ1n) is 10.3. The van der Waals surface area contributed by atoms with Crippen molar-refractivity contribution in [2.24, 2.45) is 10.9 Å². The van der Waals surface area contributed by atoms with Crippen molar-refractivity contribution in [1.29, 1.82) is 0 Å². The molecular weight excluding hydrogens is 453 g/mol. The molecule has 0 amide bonds. The molecule has 33 heavy (non-hydrogen) atoms. The lowest BCUT2D eigenvalue weighted by molar-refractivity contribution is -0.162. The first-order chi connectivity index (χ1) is 15.6. The largest absolute Gasteiger partial charge is 0.481 e. The fourth-order valence-corrected chi connectivity index (χ4v) is 3.57. The maximum Gasteiger partial charge on any atom is 0.305 e. The minimum Gasteiger partial charge on any atom is -0.481 e. The molecule has 1 aliphatic rings. The summed E-state index contributed by atoms with van der Waals surface area (Å²) >= 11 is 0.929. The van der Waals surface area contributed by atoms with Crippen LogP contribution in [0.1, 0.15) is 38.3 Å². The van der Waals surface area contributed by atoms with Gasteiger partial charge in [0.15, 0.2) is 12.2 Å². The zero-order valence-corrected chi connectivity index (χ0v) is 19.8. The smallest absolute Gasteiger partial charge is 0.305 e. The van der Waals surface area contributed by atoms with Crippen LogP contribution in [-0.2, 0) is 14.0 Å². The molecule has 3 atom stereocenters. The van der Waals surface area contributed by atoms with E-state index in [1.165, 1.54) is 25.3 Å². The number of carboxylic acid groups (broad SMARTS) is 1. The van der Waals surface area contributed by atoms with E-state index in [0.29, 0.717) is 5.96 Å². The molecule has 182 valence electrons. The quantitative estimate of drug-likeness (QED) is 0.163. The van der Waals surface area contributed by atoms with Crippen molar-refractivity contribution in [3.8, 4) is 0 Å². The van der Waals surface area contributed by atoms with Gasteiger partial charge >= 0.3 is 5.97 Å². The fraction of sp³-hybridized carbons (Fsp3) is 0.455. The van der Waals surface area contributed by atoms with Crippen LogP contribution in [0.25, 0.3) is 0 Å². The Hall–Kier alpha value is -2.44. The summed E-state index contributed by atoms with van der Waals surface area (Å²) in [6.07, 6.45) is 0.388. The Labute approximate surface area is 196 Å². The van der Waals surface area contributed by atoms with E-state index in [1.807, 2.05) is 13.8 Å². The van der Waals surface area contributed by atoms with Crippen LogP contribution in [0.5, 0.6) is 0 Å². The number of benzene rings is 1. The van der Waals surface area contributed by atoms with E-state index < -0.39 is 30.6 Å². The van der Waals surface area contributed by atoms with Gasteiger partial charge in [-0.05, 0) is 23.6 Å². The molecule has 0 saturated heterocycles. The lowest BCUT2D eigenvalue weighted by Gasteiger charge is -2.32. The number of guanidine groups is 1. The molecule has 1 aromatic rings. The molecule has 0 spiro atoms. The third-order valence-corrected chi connectivity index (χ3v) is 5.39. The van der Waals surface area contributed by atoms with Gasteiger partial charge in [0, 0.05) is 24.7 Å². The number of hydrogen-bond acceptors (Lipinski definition) is 9. The maximum absolute atomic E-state index is 13.6. The van der Waals surface area contributed by atoms with Crippen LogP contribution in [0, 0.1) is 11.7 Å². The number of nitrogens with zero attached hydrogens (tertiary/aromatic N) is 2. The number of hydrogen-bond donors (Lipinski definition) is 4. The minimum absolute atomic E-state index is 0.0367. The topological polar surface area (TPSA) is 124 Å². The average Bonchev–Trinajstić information content (AvgIpc) is 2.75. The number of halogens is 1. The third-order valence-electron chi connectivity index (χ3n) is 4.80. The molecule has 0 aliphatic carbocycles. The van der Waals surface area contributed by atoms with Gasteiger partial charge in [0.2, 0.25) is 5.96 Å². The summed E-state index contributed by atoms with van der Waals surface area (Å²) < 4.78 is 20.1. The van der Waals surface area contributed by atoms with Crippen molar-refractivity contribution in [2.75, 3.05) is 14.2 Å². The Morgan fingerprint density at radius 1 is 1.33 bits per heavy atom. The molecule has 9 nitrogen and oxygen atoms in total. The van der Waals surface area contributed by atoms with Gasteiger partial charge in [-0.3, -0.25) is 9.10 Å². The number of aliphatic hydroxyl groups is 2. The van der Waals surface area contributed by atoms with Crippen LogP contribution in [0.15, 0.2) is 52.7 Å². The first kappa shape index (κ1) is 26.8. The summed E-state index contributed by atoms with van der Waals surface area (Å²) in [5, 5.41) is 32.2. The number of aliphatic carboxylic acids is 1. The van der Waals surface area contributed by atoms with Gasteiger partial charge < -0.3 is 20.6 Å². The summed E-state index contributed by atoms with van der Waals surface area (Å²) in [5.74, 6) is -0.983. The van der Waals surface area contributed by atoms with E-state index in [2.05, 4.69) is 10.2 Å². The molecule has 0 bridgehead atoms. The molecule has 0 aromatic heterocycles. The van der Waals surface area contributed by atoms with Gasteiger partial charge in [0.1, 0.15) is 11.9 Å². The van der Waals surface area contributed by atoms with Crippen molar-refractivity contribution in [3.63, 3.8) is 0 Å². The van der Waals surface area contributed by atoms with Gasteiger partial charge in [0.25, 0.3) is 0 Å². The molecule has 1 aliphatic heterocycles. The maximum atomic E-state index is 13.6. The second-order valence-corrected chi connectivity index (χ2v) is 8.61. The van der Waals surface area contributed by atoms with Crippen molar-refractivity contribution in [1.82, 2.24) is 9.62 Å². The monoisotopic (exact) mass is 483 g/mol. The number of carboxylic acids is 1. The van der Waals surface area contributed by atoms with Crippen molar-refractivity contribution < 1.29 is 33.7 Å². The van der Waals surface area contributed by atoms with Crippen molar-refractivity contribution in [2.45, 2.75) is 44.9 Å². The van der Waals surface area contributed by atoms with Crippen LogP contribution in [0.2, 0.25) is 0 Å². The molecule has 1 heterocycles. The van der Waals surface area contributed by atoms with Gasteiger partial charge in [-0.1, -0.05) is 38.1 Å². The van der Waals surface area contributed by atoms with E-state index in [1.54, 1.807) is 29.6 Å². The summed E-state index contributed by atoms with van der Waals surface area (Å²) in [6, 6.07) is 5.48. The van der Waals surface area contributed by atoms with Gasteiger partial charge in [-0.15, -0.1) is 4.33 Å². The van der Waals surface area contributed by atoms with E-state index in [0.717, 1.165) is 29.1 Å². The number of aliphatic hydroxyl groups excluding tert-OH is 2. The van der Waals surface area contributed by atoms with E-state index >= 15 is 0 Å². The Kier molecular flexibility index (Phi) is 10.3. The predicted molar refractivity (Wildman–Crippen MR) is 123 cm³/mol. The second-order valence-electron chi connectivity index (χ2n) is 7.78. The fourth-order valence-electron chi connectivity index (χ4n) is 3.25. The van der Waals surface area contributed by atoms with Gasteiger partial charge in [-0.2, -0.15) is 0 Å². The SMILES string of the molecule is COOSN(C)C1=NC(c2ccc(F)cc2)C(C=CC(O)CC(O)CC(=O)O)=C(C(C)C)N1. The molecule has 3 unspecified atom stereocenters. The van der Waals surface area contributed by atoms with Crippen molar-refractivity contribution in [3.05, 3.63) is 59.1 Å². The molecule has 1 aromatic carbocycles. The van der Waals surface area contributed by atoms with Crippen LogP contribution < -0.4 is 5.32 Å². The molecule has 0 saturated carbocycles. The van der Waals surface area contributed by atoms with Crippen LogP contribution >= 0.6 is 12.2 Å². The normalized spacial score (nSPS) is 18.3. The zero-order valence-electron chi connectivity index (χ0n) is 18.9. The van der Waals surface area contributed by atoms with Crippen molar-refractivity contribution >= 4 is 24.2 Å². The number of rotatable bonds is 11. The number of allylic oxidation sites excluding steroid dienone is 1. The average molecular weight is 484 g/mol. The summed E-state index contributed by atoms with van der Waals surface area (Å²) in [7, 11) is 3.13. The lowest BCUT2D eigenvalue weighted by atomic mass is 9.91. The molecule has 11 heteroatoms. The highest BCUT2D eigenvalue weighted by molar-refractivity contribution is 7.92. The standard InChI is InChI=1S/C22H30FN3O6S/c1-13(2)20-18(10-9-16(27)11-17(28)12-19(29)30)21(14-5-7-15(23)8-6-14)25-22(24-20)26(3)33-32-31-4/h5-10,13,16-17,21,27-28H,11-12H2,1-4H3,(H,24,25)(H,29,30). The Morgan fingerprint density at radius 3 is 2.58 bits per heavy atom. The van der Waals surface area contributed by atoms with Gasteiger partial charge in [0.05, 0.1) is 25.7 Å². The molecular formula is C22H30FN3O6S. The Morgan fingerprint density at radius 2 is 2.00 bits per heavy atom. The van der Waals surface area contributed by atoms with Gasteiger partial charge in [-0.25, -0.2) is 14.3 Å². The van der Waals surface area contributed by atoms with Crippen LogP contribution in [0.4, 0.5) is 4.39 Å². The highest BCUT2D eigenvalue weighted by atomic mass is 32.2. The number of carbonyl (C=O) groups is 1. The highest BCUT2D eigenvalue weighted by Crippen LogP contribution is 2.35. The molecule has 0 radical (unpaired) electrons. The van der Waals surface area contributed by atoms with E-state index in [4.69, 9.17) is 14.4 Å². The summed E-state index contributed by atoms with van der Waals surface area (Å²) in [6.45, 7) is 3.99.